The zero-order valence-corrected chi connectivity index (χ0v) is 11.6. The molecule has 1 amide bonds. The maximum Gasteiger partial charge on any atom is 0.269 e. The minimum absolute atomic E-state index is 0.0142. The van der Waals surface area contributed by atoms with Gasteiger partial charge < -0.3 is 5.32 Å². The van der Waals surface area contributed by atoms with Crippen molar-refractivity contribution in [1.29, 1.82) is 0 Å². The fourth-order valence-electron chi connectivity index (χ4n) is 1.42. The Morgan fingerprint density at radius 2 is 2.06 bits per heavy atom. The van der Waals surface area contributed by atoms with Gasteiger partial charge in [-0.3, -0.25) is 14.9 Å². The summed E-state index contributed by atoms with van der Waals surface area (Å²) in [5.41, 5.74) is 0.423. The van der Waals surface area contributed by atoms with Gasteiger partial charge in [0.25, 0.3) is 11.6 Å². The fraction of sp³-hybridized carbons (Fsp3) is 0.417. The Balaban J connectivity index is 2.44. The van der Waals surface area contributed by atoms with E-state index in [0.717, 1.165) is 12.8 Å². The number of nitrogens with one attached hydrogen (secondary N) is 1. The molecule has 0 saturated carbocycles. The largest absolute Gasteiger partial charge is 0.352 e. The van der Waals surface area contributed by atoms with Crippen molar-refractivity contribution < 1.29 is 9.72 Å². The maximum atomic E-state index is 11.7. The van der Waals surface area contributed by atoms with Gasteiger partial charge in [0.15, 0.2) is 0 Å². The molecule has 1 rings (SSSR count). The summed E-state index contributed by atoms with van der Waals surface area (Å²) in [6.07, 6.45) is 1.88. The van der Waals surface area contributed by atoms with Crippen LogP contribution in [0.5, 0.6) is 0 Å². The number of nitrogens with zero attached hydrogens (tertiary/aromatic N) is 1. The molecule has 1 aromatic rings. The number of rotatable bonds is 6. The second kappa shape index (κ2) is 7.10. The maximum absolute atomic E-state index is 11.7. The van der Waals surface area contributed by atoms with E-state index in [1.807, 2.05) is 0 Å². The van der Waals surface area contributed by atoms with Crippen molar-refractivity contribution in [1.82, 2.24) is 5.32 Å². The van der Waals surface area contributed by atoms with Crippen molar-refractivity contribution in [2.24, 2.45) is 0 Å². The van der Waals surface area contributed by atoms with E-state index in [2.05, 4.69) is 28.2 Å². The molecule has 98 valence electrons. The van der Waals surface area contributed by atoms with Gasteiger partial charge in [-0.15, -0.1) is 0 Å². The van der Waals surface area contributed by atoms with Gasteiger partial charge in [0.05, 0.1) is 4.92 Å². The van der Waals surface area contributed by atoms with Crippen LogP contribution in [0.15, 0.2) is 24.3 Å². The highest BCUT2D eigenvalue weighted by atomic mass is 79.9. The lowest BCUT2D eigenvalue weighted by Crippen LogP contribution is -2.24. The van der Waals surface area contributed by atoms with Crippen LogP contribution in [0.3, 0.4) is 0 Å². The van der Waals surface area contributed by atoms with Crippen molar-refractivity contribution in [3.8, 4) is 0 Å². The lowest BCUT2D eigenvalue weighted by molar-refractivity contribution is -0.384. The molecule has 0 aliphatic heterocycles. The van der Waals surface area contributed by atoms with E-state index in [9.17, 15) is 14.9 Å². The Morgan fingerprint density at radius 1 is 1.44 bits per heavy atom. The molecular weight excluding hydrogens is 300 g/mol. The first-order valence-corrected chi connectivity index (χ1v) is 6.59. The number of nitro groups is 1. The molecule has 0 fully saturated rings. The highest BCUT2D eigenvalue weighted by Crippen LogP contribution is 2.11. The lowest BCUT2D eigenvalue weighted by atomic mass is 10.2. The number of hydrogen-bond donors (Lipinski definition) is 1. The second-order valence-electron chi connectivity index (χ2n) is 3.98. The number of non-ortho nitro benzene ring substituents is 1. The Morgan fingerprint density at radius 3 is 2.56 bits per heavy atom. The number of carbonyl (C=O) groups excluding carboxylic acids is 1. The van der Waals surface area contributed by atoms with Crippen LogP contribution in [0.2, 0.25) is 0 Å². The minimum atomic E-state index is -0.487. The average Bonchev–Trinajstić information content (AvgIpc) is 2.34. The quantitative estimate of drug-likeness (QED) is 0.380. The van der Waals surface area contributed by atoms with Crippen molar-refractivity contribution in [2.45, 2.75) is 24.6 Å². The van der Waals surface area contributed by atoms with E-state index in [-0.39, 0.29) is 11.6 Å². The molecule has 1 aromatic carbocycles. The summed E-state index contributed by atoms with van der Waals surface area (Å²) in [7, 11) is 0. The first-order valence-electron chi connectivity index (χ1n) is 5.67. The van der Waals surface area contributed by atoms with Gasteiger partial charge in [-0.05, 0) is 25.0 Å². The number of hydrogen-bond acceptors (Lipinski definition) is 3. The van der Waals surface area contributed by atoms with Crippen molar-refractivity contribution >= 4 is 27.5 Å². The molecule has 6 heteroatoms. The van der Waals surface area contributed by atoms with E-state index < -0.39 is 4.92 Å². The van der Waals surface area contributed by atoms with Gasteiger partial charge in [-0.25, -0.2) is 0 Å². The Kier molecular flexibility index (Phi) is 5.77. The van der Waals surface area contributed by atoms with Crippen molar-refractivity contribution in [3.05, 3.63) is 39.9 Å². The van der Waals surface area contributed by atoms with Crippen LogP contribution < -0.4 is 5.32 Å². The normalized spacial score (nSPS) is 11.9. The van der Waals surface area contributed by atoms with Crippen molar-refractivity contribution in [3.63, 3.8) is 0 Å². The molecule has 0 aliphatic carbocycles. The summed E-state index contributed by atoms with van der Waals surface area (Å²) >= 11 is 3.43. The Bertz CT molecular complexity index is 418. The third-order valence-electron chi connectivity index (χ3n) is 2.40. The van der Waals surface area contributed by atoms with Crippen LogP contribution in [0.1, 0.15) is 30.1 Å². The molecule has 0 aromatic heterocycles. The van der Waals surface area contributed by atoms with E-state index in [1.54, 1.807) is 0 Å². The van der Waals surface area contributed by atoms with Gasteiger partial charge in [0.1, 0.15) is 0 Å². The van der Waals surface area contributed by atoms with Crippen LogP contribution in [0.25, 0.3) is 0 Å². The molecule has 1 N–H and O–H groups in total. The monoisotopic (exact) mass is 314 g/mol. The van der Waals surface area contributed by atoms with Crippen LogP contribution >= 0.6 is 15.9 Å². The fourth-order valence-corrected chi connectivity index (χ4v) is 1.75. The van der Waals surface area contributed by atoms with Gasteiger partial charge in [0.2, 0.25) is 0 Å². The van der Waals surface area contributed by atoms with Crippen LogP contribution in [-0.4, -0.2) is 22.2 Å². The average molecular weight is 315 g/mol. The zero-order valence-electron chi connectivity index (χ0n) is 10.1. The minimum Gasteiger partial charge on any atom is -0.352 e. The third-order valence-corrected chi connectivity index (χ3v) is 2.86. The number of carbonyl (C=O) groups is 1. The Labute approximate surface area is 114 Å². The van der Waals surface area contributed by atoms with E-state index in [1.165, 1.54) is 24.3 Å². The topological polar surface area (TPSA) is 72.2 Å². The first kappa shape index (κ1) is 14.6. The molecule has 1 unspecified atom stereocenters. The van der Waals surface area contributed by atoms with Gasteiger partial charge in [0, 0.05) is 29.1 Å². The predicted octanol–water partition coefficient (Wildman–Crippen LogP) is 2.89. The van der Waals surface area contributed by atoms with Crippen molar-refractivity contribution in [2.75, 3.05) is 6.54 Å². The summed E-state index contributed by atoms with van der Waals surface area (Å²) in [5.74, 6) is -0.202. The first-order chi connectivity index (χ1) is 8.50. The van der Waals surface area contributed by atoms with Gasteiger partial charge in [-0.2, -0.15) is 0 Å². The molecule has 0 heterocycles. The van der Waals surface area contributed by atoms with E-state index in [0.29, 0.717) is 16.9 Å². The molecule has 0 spiro atoms. The molecule has 0 saturated heterocycles. The van der Waals surface area contributed by atoms with Crippen LogP contribution in [0, 0.1) is 10.1 Å². The van der Waals surface area contributed by atoms with Crippen LogP contribution in [0.4, 0.5) is 5.69 Å². The summed E-state index contributed by atoms with van der Waals surface area (Å²) in [5, 5.41) is 13.2. The third kappa shape index (κ3) is 4.83. The summed E-state index contributed by atoms with van der Waals surface area (Å²) < 4.78 is 0. The standard InChI is InChI=1S/C12H15BrN2O3/c1-9(13)3-2-8-14-12(16)10-4-6-11(7-5-10)15(17)18/h4-7,9H,2-3,8H2,1H3,(H,14,16). The zero-order chi connectivity index (χ0) is 13.5. The summed E-state index contributed by atoms with van der Waals surface area (Å²) in [6, 6.07) is 5.58. The number of alkyl halides is 1. The smallest absolute Gasteiger partial charge is 0.269 e. The second-order valence-corrected chi connectivity index (χ2v) is 5.55. The highest BCUT2D eigenvalue weighted by Gasteiger charge is 2.08. The number of benzene rings is 1. The lowest BCUT2D eigenvalue weighted by Gasteiger charge is -2.06. The van der Waals surface area contributed by atoms with Crippen LogP contribution in [-0.2, 0) is 0 Å². The SMILES string of the molecule is CC(Br)CCCNC(=O)c1ccc([N+](=O)[O-])cc1. The van der Waals surface area contributed by atoms with E-state index in [4.69, 9.17) is 0 Å². The predicted molar refractivity (Wildman–Crippen MR) is 73.1 cm³/mol. The number of nitro benzene ring substituents is 1. The Hall–Kier alpha value is -1.43. The molecule has 18 heavy (non-hydrogen) atoms. The molecular formula is C12H15BrN2O3. The molecule has 5 nitrogen and oxygen atoms in total. The van der Waals surface area contributed by atoms with Gasteiger partial charge >= 0.3 is 0 Å². The number of halogens is 1. The van der Waals surface area contributed by atoms with E-state index >= 15 is 0 Å². The highest BCUT2D eigenvalue weighted by molar-refractivity contribution is 9.09. The summed E-state index contributed by atoms with van der Waals surface area (Å²) in [4.78, 5) is 22.1. The molecule has 1 atom stereocenters. The molecule has 0 bridgehead atoms. The molecule has 0 aliphatic rings. The van der Waals surface area contributed by atoms with Gasteiger partial charge in [-0.1, -0.05) is 22.9 Å². The number of amides is 1. The molecule has 0 radical (unpaired) electrons. The summed E-state index contributed by atoms with van der Waals surface area (Å²) in [6.45, 7) is 2.66.